The van der Waals surface area contributed by atoms with Crippen molar-refractivity contribution in [3.63, 3.8) is 0 Å². The highest BCUT2D eigenvalue weighted by molar-refractivity contribution is 6.33. The Morgan fingerprint density at radius 3 is 2.73 bits per heavy atom. The molecule has 2 rings (SSSR count). The van der Waals surface area contributed by atoms with E-state index in [1.165, 1.54) is 0 Å². The Balaban J connectivity index is 2.07. The van der Waals surface area contributed by atoms with Crippen LogP contribution in [-0.2, 0) is 4.79 Å². The maximum Gasteiger partial charge on any atom is 0.227 e. The van der Waals surface area contributed by atoms with E-state index in [4.69, 9.17) is 11.6 Å². The minimum atomic E-state index is 0.0910. The number of hydrogen-bond acceptors (Lipinski definition) is 1. The van der Waals surface area contributed by atoms with Crippen LogP contribution in [0.3, 0.4) is 0 Å². The van der Waals surface area contributed by atoms with Crippen LogP contribution in [0, 0.1) is 18.8 Å². The summed E-state index contributed by atoms with van der Waals surface area (Å²) in [6.07, 6.45) is 0.995. The predicted octanol–water partition coefficient (Wildman–Crippen LogP) is 3.24. The van der Waals surface area contributed by atoms with Crippen molar-refractivity contribution in [2.75, 3.05) is 5.32 Å². The van der Waals surface area contributed by atoms with Crippen LogP contribution in [0.2, 0.25) is 5.02 Å². The molecule has 0 aliphatic heterocycles. The van der Waals surface area contributed by atoms with Gasteiger partial charge in [-0.25, -0.2) is 0 Å². The van der Waals surface area contributed by atoms with Crippen LogP contribution >= 0.6 is 11.6 Å². The molecule has 1 aromatic rings. The minimum absolute atomic E-state index is 0.0910. The molecule has 0 aromatic heterocycles. The van der Waals surface area contributed by atoms with E-state index in [0.717, 1.165) is 12.0 Å². The molecule has 80 valence electrons. The van der Waals surface area contributed by atoms with Crippen molar-refractivity contribution >= 4 is 23.2 Å². The molecule has 2 nitrogen and oxygen atoms in total. The molecule has 1 aromatic carbocycles. The molecule has 1 aliphatic carbocycles. The minimum Gasteiger partial charge on any atom is -0.325 e. The van der Waals surface area contributed by atoms with Crippen LogP contribution in [0.4, 0.5) is 5.69 Å². The maximum atomic E-state index is 11.7. The van der Waals surface area contributed by atoms with E-state index < -0.39 is 0 Å². The third-order valence-corrected chi connectivity index (χ3v) is 3.14. The van der Waals surface area contributed by atoms with Crippen molar-refractivity contribution in [2.45, 2.75) is 20.3 Å². The van der Waals surface area contributed by atoms with Gasteiger partial charge in [0.05, 0.1) is 10.7 Å². The monoisotopic (exact) mass is 223 g/mol. The molecule has 15 heavy (non-hydrogen) atoms. The molecule has 0 bridgehead atoms. The molecule has 1 aliphatic rings. The zero-order valence-corrected chi connectivity index (χ0v) is 9.64. The summed E-state index contributed by atoms with van der Waals surface area (Å²) in [6, 6.07) is 5.65. The van der Waals surface area contributed by atoms with Crippen LogP contribution < -0.4 is 5.32 Å². The Labute approximate surface area is 94.6 Å². The van der Waals surface area contributed by atoms with Gasteiger partial charge in [0, 0.05) is 5.92 Å². The molecule has 0 spiro atoms. The first-order valence-electron chi connectivity index (χ1n) is 5.15. The summed E-state index contributed by atoms with van der Waals surface area (Å²) in [5.41, 5.74) is 1.81. The number of benzene rings is 1. The van der Waals surface area contributed by atoms with Gasteiger partial charge in [0.1, 0.15) is 0 Å². The fourth-order valence-electron chi connectivity index (χ4n) is 1.63. The highest BCUT2D eigenvalue weighted by atomic mass is 35.5. The van der Waals surface area contributed by atoms with Gasteiger partial charge in [-0.3, -0.25) is 4.79 Å². The molecule has 1 fully saturated rings. The van der Waals surface area contributed by atoms with Gasteiger partial charge >= 0.3 is 0 Å². The molecule has 0 saturated heterocycles. The van der Waals surface area contributed by atoms with Crippen LogP contribution in [0.25, 0.3) is 0 Å². The molecule has 2 atom stereocenters. The van der Waals surface area contributed by atoms with Crippen molar-refractivity contribution in [3.8, 4) is 0 Å². The summed E-state index contributed by atoms with van der Waals surface area (Å²) in [5.74, 6) is 0.796. The molecule has 1 N–H and O–H groups in total. The molecular weight excluding hydrogens is 210 g/mol. The van der Waals surface area contributed by atoms with Gasteiger partial charge in [-0.2, -0.15) is 0 Å². The fourth-order valence-corrected chi connectivity index (χ4v) is 1.92. The lowest BCUT2D eigenvalue weighted by molar-refractivity contribution is -0.117. The van der Waals surface area contributed by atoms with Gasteiger partial charge in [-0.1, -0.05) is 24.6 Å². The first-order chi connectivity index (χ1) is 7.08. The van der Waals surface area contributed by atoms with Crippen molar-refractivity contribution < 1.29 is 4.79 Å². The lowest BCUT2D eigenvalue weighted by Gasteiger charge is -2.07. The summed E-state index contributed by atoms with van der Waals surface area (Å²) >= 11 is 6.02. The molecule has 0 heterocycles. The Morgan fingerprint density at radius 2 is 2.20 bits per heavy atom. The van der Waals surface area contributed by atoms with Crippen molar-refractivity contribution in [2.24, 2.45) is 11.8 Å². The van der Waals surface area contributed by atoms with Crippen LogP contribution in [0.5, 0.6) is 0 Å². The highest BCUT2D eigenvalue weighted by Gasteiger charge is 2.39. The number of carbonyl (C=O) groups is 1. The van der Waals surface area contributed by atoms with E-state index >= 15 is 0 Å². The SMILES string of the molecule is Cc1ccc(NC(=O)[C@@H]2C[C@H]2C)c(Cl)c1. The largest absolute Gasteiger partial charge is 0.325 e. The molecule has 0 unspecified atom stereocenters. The number of hydrogen-bond donors (Lipinski definition) is 1. The quantitative estimate of drug-likeness (QED) is 0.820. The van der Waals surface area contributed by atoms with Crippen molar-refractivity contribution in [1.82, 2.24) is 0 Å². The Hall–Kier alpha value is -1.02. The molecule has 1 saturated carbocycles. The summed E-state index contributed by atoms with van der Waals surface area (Å²) in [5, 5.41) is 3.47. The molecule has 3 heteroatoms. The number of aryl methyl sites for hydroxylation is 1. The predicted molar refractivity (Wildman–Crippen MR) is 62.1 cm³/mol. The smallest absolute Gasteiger partial charge is 0.227 e. The van der Waals surface area contributed by atoms with Crippen LogP contribution in [0.1, 0.15) is 18.9 Å². The van der Waals surface area contributed by atoms with E-state index in [9.17, 15) is 4.79 Å². The second-order valence-electron chi connectivity index (χ2n) is 4.29. The zero-order chi connectivity index (χ0) is 11.0. The van der Waals surface area contributed by atoms with E-state index in [2.05, 4.69) is 12.2 Å². The average Bonchev–Trinajstić information content (AvgIpc) is 2.88. The lowest BCUT2D eigenvalue weighted by atomic mass is 10.2. The first-order valence-corrected chi connectivity index (χ1v) is 5.52. The fraction of sp³-hybridized carbons (Fsp3) is 0.417. The normalized spacial score (nSPS) is 23.7. The number of rotatable bonds is 2. The average molecular weight is 224 g/mol. The number of halogens is 1. The Bertz CT molecular complexity index is 403. The van der Waals surface area contributed by atoms with E-state index in [1.807, 2.05) is 25.1 Å². The van der Waals surface area contributed by atoms with Gasteiger partial charge in [0.2, 0.25) is 5.91 Å². The summed E-state index contributed by atoms with van der Waals surface area (Å²) in [7, 11) is 0. The number of nitrogens with one attached hydrogen (secondary N) is 1. The molecule has 1 amide bonds. The topological polar surface area (TPSA) is 29.1 Å². The summed E-state index contributed by atoms with van der Waals surface area (Å²) in [4.78, 5) is 11.7. The second-order valence-corrected chi connectivity index (χ2v) is 4.70. The van der Waals surface area contributed by atoms with Gasteiger partial charge in [-0.05, 0) is 37.0 Å². The van der Waals surface area contributed by atoms with Crippen molar-refractivity contribution in [1.29, 1.82) is 0 Å². The van der Waals surface area contributed by atoms with Gasteiger partial charge in [-0.15, -0.1) is 0 Å². The number of anilines is 1. The van der Waals surface area contributed by atoms with Crippen LogP contribution in [0.15, 0.2) is 18.2 Å². The standard InChI is InChI=1S/C12H14ClNO/c1-7-3-4-11(10(13)5-7)14-12(15)9-6-8(9)2/h3-5,8-9H,6H2,1-2H3,(H,14,15)/t8-,9-/m1/s1. The number of amides is 1. The third kappa shape index (κ3) is 2.32. The maximum absolute atomic E-state index is 11.7. The lowest BCUT2D eigenvalue weighted by Crippen LogP contribution is -2.14. The third-order valence-electron chi connectivity index (χ3n) is 2.83. The second kappa shape index (κ2) is 3.86. The van der Waals surface area contributed by atoms with Gasteiger partial charge in [0.25, 0.3) is 0 Å². The van der Waals surface area contributed by atoms with Gasteiger partial charge < -0.3 is 5.32 Å². The van der Waals surface area contributed by atoms with Crippen molar-refractivity contribution in [3.05, 3.63) is 28.8 Å². The Kier molecular flexibility index (Phi) is 2.70. The Morgan fingerprint density at radius 1 is 1.53 bits per heavy atom. The zero-order valence-electron chi connectivity index (χ0n) is 8.88. The summed E-state index contributed by atoms with van der Waals surface area (Å²) in [6.45, 7) is 4.06. The van der Waals surface area contributed by atoms with Crippen LogP contribution in [-0.4, -0.2) is 5.91 Å². The first kappa shape index (κ1) is 10.5. The highest BCUT2D eigenvalue weighted by Crippen LogP contribution is 2.38. The molecule has 0 radical (unpaired) electrons. The van der Waals surface area contributed by atoms with E-state index in [-0.39, 0.29) is 11.8 Å². The van der Waals surface area contributed by atoms with E-state index in [1.54, 1.807) is 0 Å². The number of carbonyl (C=O) groups excluding carboxylic acids is 1. The van der Waals surface area contributed by atoms with Gasteiger partial charge in [0.15, 0.2) is 0 Å². The molecular formula is C12H14ClNO. The summed E-state index contributed by atoms with van der Waals surface area (Å²) < 4.78 is 0. The van der Waals surface area contributed by atoms with E-state index in [0.29, 0.717) is 16.6 Å².